The molecule has 2 aliphatic heterocycles. The summed E-state index contributed by atoms with van der Waals surface area (Å²) >= 11 is 0. The first-order valence-corrected chi connectivity index (χ1v) is 9.20. The highest BCUT2D eigenvalue weighted by Crippen LogP contribution is 2.45. The number of hydrogen-bond donors (Lipinski definition) is 0. The maximum absolute atomic E-state index is 13.1. The van der Waals surface area contributed by atoms with Gasteiger partial charge in [-0.1, -0.05) is 0 Å². The minimum Gasteiger partial charge on any atom is -0.374 e. The lowest BCUT2D eigenvalue weighted by Crippen LogP contribution is -2.49. The van der Waals surface area contributed by atoms with Gasteiger partial charge in [-0.3, -0.25) is 4.90 Å². The number of halogens is 3. The molecule has 3 nitrogen and oxygen atoms in total. The van der Waals surface area contributed by atoms with Gasteiger partial charge in [0.15, 0.2) is 6.10 Å². The fraction of sp³-hybridized carbons (Fsp3) is 1.00. The molecule has 140 valence electrons. The molecule has 0 aromatic heterocycles. The van der Waals surface area contributed by atoms with Gasteiger partial charge in [0.25, 0.3) is 0 Å². The van der Waals surface area contributed by atoms with Crippen LogP contribution in [-0.2, 0) is 9.47 Å². The monoisotopic (exact) mass is 349 g/mol. The molecule has 0 aromatic carbocycles. The van der Waals surface area contributed by atoms with Crippen LogP contribution in [0.2, 0.25) is 0 Å². The van der Waals surface area contributed by atoms with Gasteiger partial charge in [-0.15, -0.1) is 0 Å². The second-order valence-electron chi connectivity index (χ2n) is 8.75. The van der Waals surface area contributed by atoms with Crippen molar-refractivity contribution in [3.05, 3.63) is 0 Å². The molecule has 2 saturated heterocycles. The first-order chi connectivity index (χ1) is 11.1. The van der Waals surface area contributed by atoms with Gasteiger partial charge in [0, 0.05) is 11.6 Å². The fourth-order valence-corrected chi connectivity index (χ4v) is 4.25. The Bertz CT molecular complexity index is 445. The molecular formula is C18H30F3NO2. The van der Waals surface area contributed by atoms with E-state index in [2.05, 4.69) is 4.90 Å². The second-order valence-corrected chi connectivity index (χ2v) is 8.75. The summed E-state index contributed by atoms with van der Waals surface area (Å²) in [6.07, 6.45) is -0.456. The molecule has 0 radical (unpaired) electrons. The van der Waals surface area contributed by atoms with E-state index < -0.39 is 12.3 Å². The van der Waals surface area contributed by atoms with E-state index >= 15 is 0 Å². The zero-order valence-electron chi connectivity index (χ0n) is 15.0. The molecule has 3 rings (SSSR count). The number of alkyl halides is 3. The third-order valence-electron chi connectivity index (χ3n) is 5.65. The normalized spacial score (nSPS) is 33.0. The minimum absolute atomic E-state index is 0.00855. The van der Waals surface area contributed by atoms with Crippen LogP contribution in [-0.4, -0.2) is 54.1 Å². The summed E-state index contributed by atoms with van der Waals surface area (Å²) in [5, 5.41) is 0. The van der Waals surface area contributed by atoms with Crippen LogP contribution >= 0.6 is 0 Å². The summed E-state index contributed by atoms with van der Waals surface area (Å²) in [6.45, 7) is 7.93. The predicted octanol–water partition coefficient (Wildman–Crippen LogP) is 4.16. The molecule has 1 aliphatic carbocycles. The van der Waals surface area contributed by atoms with Crippen LogP contribution in [0.5, 0.6) is 0 Å². The Labute approximate surface area is 142 Å². The Kier molecular flexibility index (Phi) is 4.95. The average molecular weight is 349 g/mol. The van der Waals surface area contributed by atoms with Gasteiger partial charge >= 0.3 is 6.18 Å². The van der Waals surface area contributed by atoms with Gasteiger partial charge in [0.2, 0.25) is 0 Å². The van der Waals surface area contributed by atoms with Crippen LogP contribution in [0.3, 0.4) is 0 Å². The largest absolute Gasteiger partial charge is 0.414 e. The van der Waals surface area contributed by atoms with Gasteiger partial charge in [0.1, 0.15) is 0 Å². The van der Waals surface area contributed by atoms with Crippen LogP contribution in [0.1, 0.15) is 59.3 Å². The highest BCUT2D eigenvalue weighted by Gasteiger charge is 2.53. The second kappa shape index (κ2) is 6.44. The summed E-state index contributed by atoms with van der Waals surface area (Å²) in [5.74, 6) is -0.320. The van der Waals surface area contributed by atoms with E-state index in [4.69, 9.17) is 9.47 Å². The van der Waals surface area contributed by atoms with Gasteiger partial charge in [-0.2, -0.15) is 13.2 Å². The van der Waals surface area contributed by atoms with Crippen molar-refractivity contribution in [1.82, 2.24) is 4.90 Å². The van der Waals surface area contributed by atoms with Crippen LogP contribution < -0.4 is 0 Å². The summed E-state index contributed by atoms with van der Waals surface area (Å²) in [4.78, 5) is 2.37. The summed E-state index contributed by atoms with van der Waals surface area (Å²) < 4.78 is 50.8. The maximum atomic E-state index is 13.1. The highest BCUT2D eigenvalue weighted by molar-refractivity contribution is 5.05. The van der Waals surface area contributed by atoms with E-state index in [1.165, 1.54) is 0 Å². The summed E-state index contributed by atoms with van der Waals surface area (Å²) in [5.41, 5.74) is -0.181. The molecule has 3 fully saturated rings. The van der Waals surface area contributed by atoms with Crippen molar-refractivity contribution in [2.75, 3.05) is 19.8 Å². The molecule has 0 aromatic rings. The lowest BCUT2D eigenvalue weighted by atomic mass is 9.95. The quantitative estimate of drug-likeness (QED) is 0.719. The summed E-state index contributed by atoms with van der Waals surface area (Å²) in [7, 11) is 0. The molecule has 24 heavy (non-hydrogen) atoms. The molecule has 3 atom stereocenters. The molecule has 2 heterocycles. The van der Waals surface area contributed by atoms with Gasteiger partial charge in [0.05, 0.1) is 18.8 Å². The Morgan fingerprint density at radius 3 is 2.42 bits per heavy atom. The number of nitrogens with zero attached hydrogens (tertiary/aromatic N) is 1. The molecule has 0 N–H and O–H groups in total. The van der Waals surface area contributed by atoms with E-state index in [1.807, 2.05) is 20.8 Å². The Hall–Kier alpha value is -0.330. The maximum Gasteiger partial charge on any atom is 0.414 e. The van der Waals surface area contributed by atoms with Crippen molar-refractivity contribution < 1.29 is 22.6 Å². The minimum atomic E-state index is -4.24. The van der Waals surface area contributed by atoms with Gasteiger partial charge in [-0.05, 0) is 71.8 Å². The molecule has 1 saturated carbocycles. The van der Waals surface area contributed by atoms with Crippen molar-refractivity contribution >= 4 is 0 Å². The number of rotatable bonds is 6. The molecule has 6 heteroatoms. The lowest BCUT2D eigenvalue weighted by Gasteiger charge is -2.37. The van der Waals surface area contributed by atoms with Gasteiger partial charge in [-0.25, -0.2) is 0 Å². The Balaban J connectivity index is 1.58. The Morgan fingerprint density at radius 1 is 1.12 bits per heavy atom. The standard InChI is InChI=1S/C18H30F3NO2/c1-16(2,3)24-12-17-8-4-10-22(17)14(7-9-17)11-23-15(13-5-6-13)18(19,20)21/h13-15H,4-12H2,1-3H3/t14-,15?,17-/m0/s1. The van der Waals surface area contributed by atoms with E-state index in [1.54, 1.807) is 0 Å². The van der Waals surface area contributed by atoms with Gasteiger partial charge < -0.3 is 9.47 Å². The number of fused-ring (bicyclic) bond motifs is 1. The zero-order valence-corrected chi connectivity index (χ0v) is 15.0. The first-order valence-electron chi connectivity index (χ1n) is 9.20. The van der Waals surface area contributed by atoms with Crippen LogP contribution in [0.15, 0.2) is 0 Å². The molecule has 3 aliphatic rings. The van der Waals surface area contributed by atoms with E-state index in [9.17, 15) is 13.2 Å². The third-order valence-corrected chi connectivity index (χ3v) is 5.65. The Morgan fingerprint density at radius 2 is 1.83 bits per heavy atom. The van der Waals surface area contributed by atoms with Crippen LogP contribution in [0, 0.1) is 5.92 Å². The van der Waals surface area contributed by atoms with Crippen LogP contribution in [0.25, 0.3) is 0 Å². The SMILES string of the molecule is CC(C)(C)OC[C@@]12CCCN1[C@H](COC(C1CC1)C(F)(F)F)CC2. The average Bonchev–Trinajstić information content (AvgIpc) is 3.08. The topological polar surface area (TPSA) is 21.7 Å². The lowest BCUT2D eigenvalue weighted by molar-refractivity contribution is -0.230. The van der Waals surface area contributed by atoms with E-state index in [0.717, 1.165) is 32.2 Å². The van der Waals surface area contributed by atoms with E-state index in [0.29, 0.717) is 19.4 Å². The van der Waals surface area contributed by atoms with Crippen molar-refractivity contribution in [2.45, 2.75) is 88.8 Å². The molecular weight excluding hydrogens is 319 g/mol. The molecule has 0 spiro atoms. The fourth-order valence-electron chi connectivity index (χ4n) is 4.25. The molecule has 1 unspecified atom stereocenters. The first kappa shape index (κ1) is 18.5. The smallest absolute Gasteiger partial charge is 0.374 e. The molecule has 0 bridgehead atoms. The third kappa shape index (κ3) is 4.07. The van der Waals surface area contributed by atoms with Crippen molar-refractivity contribution in [2.24, 2.45) is 5.92 Å². The van der Waals surface area contributed by atoms with Crippen molar-refractivity contribution in [1.29, 1.82) is 0 Å². The molecule has 0 amide bonds. The van der Waals surface area contributed by atoms with Crippen molar-refractivity contribution in [3.63, 3.8) is 0 Å². The highest BCUT2D eigenvalue weighted by atomic mass is 19.4. The predicted molar refractivity (Wildman–Crippen MR) is 85.9 cm³/mol. The van der Waals surface area contributed by atoms with Crippen LogP contribution in [0.4, 0.5) is 13.2 Å². The van der Waals surface area contributed by atoms with Crippen molar-refractivity contribution in [3.8, 4) is 0 Å². The number of hydrogen-bond acceptors (Lipinski definition) is 3. The van der Waals surface area contributed by atoms with E-state index in [-0.39, 0.29) is 29.7 Å². The zero-order chi connectivity index (χ0) is 17.6. The summed E-state index contributed by atoms with van der Waals surface area (Å²) in [6, 6.07) is 0.0969. The number of ether oxygens (including phenoxy) is 2.